The average Bonchev–Trinajstić information content (AvgIpc) is 3.08. The first-order chi connectivity index (χ1) is 9.01. The molecule has 3 N–H and O–H groups in total. The summed E-state index contributed by atoms with van der Waals surface area (Å²) < 4.78 is 0. The molecule has 3 amide bonds. The molecule has 0 aromatic rings. The molecule has 0 aromatic carbocycles. The number of aliphatic carboxylic acids is 1. The maximum Gasteiger partial charge on any atom is 0.321 e. The Balaban J connectivity index is 2.34. The van der Waals surface area contributed by atoms with Gasteiger partial charge in [-0.1, -0.05) is 6.08 Å². The van der Waals surface area contributed by atoms with Crippen molar-refractivity contribution in [3.05, 3.63) is 12.7 Å². The monoisotopic (exact) mass is 269 g/mol. The van der Waals surface area contributed by atoms with E-state index in [1.807, 2.05) is 0 Å². The van der Waals surface area contributed by atoms with Crippen molar-refractivity contribution in [1.82, 2.24) is 15.5 Å². The highest BCUT2D eigenvalue weighted by Gasteiger charge is 2.26. The van der Waals surface area contributed by atoms with E-state index >= 15 is 0 Å². The van der Waals surface area contributed by atoms with Crippen molar-refractivity contribution in [3.63, 3.8) is 0 Å². The van der Waals surface area contributed by atoms with Crippen molar-refractivity contribution in [3.8, 4) is 0 Å². The first-order valence-electron chi connectivity index (χ1n) is 6.14. The van der Waals surface area contributed by atoms with E-state index in [0.717, 1.165) is 12.8 Å². The standard InChI is InChI=1S/C12H19N3O4/c1-2-5-13-12(19)14-10(16)7-15(8-11(17)18)6-9-3-4-9/h2,9H,1,3-8H2,(H,17,18)(H2,13,14,16,19). The lowest BCUT2D eigenvalue weighted by Crippen LogP contribution is -2.46. The number of nitrogens with one attached hydrogen (secondary N) is 2. The lowest BCUT2D eigenvalue weighted by Gasteiger charge is -2.19. The van der Waals surface area contributed by atoms with Crippen molar-refractivity contribution < 1.29 is 19.5 Å². The van der Waals surface area contributed by atoms with Crippen LogP contribution in [0.25, 0.3) is 0 Å². The summed E-state index contributed by atoms with van der Waals surface area (Å²) in [5, 5.41) is 13.3. The van der Waals surface area contributed by atoms with Crippen molar-refractivity contribution in [2.75, 3.05) is 26.2 Å². The van der Waals surface area contributed by atoms with Crippen molar-refractivity contribution in [2.24, 2.45) is 5.92 Å². The molecular weight excluding hydrogens is 250 g/mol. The number of amides is 3. The lowest BCUT2D eigenvalue weighted by molar-refractivity contribution is -0.138. The fraction of sp³-hybridized carbons (Fsp3) is 0.583. The molecule has 0 saturated heterocycles. The summed E-state index contributed by atoms with van der Waals surface area (Å²) in [7, 11) is 0. The Morgan fingerprint density at radius 3 is 2.53 bits per heavy atom. The zero-order valence-corrected chi connectivity index (χ0v) is 10.7. The predicted octanol–water partition coefficient (Wildman–Crippen LogP) is -0.205. The second kappa shape index (κ2) is 7.52. The Kier molecular flexibility index (Phi) is 6.01. The topological polar surface area (TPSA) is 98.7 Å². The molecule has 1 aliphatic carbocycles. The predicted molar refractivity (Wildman–Crippen MR) is 68.5 cm³/mol. The van der Waals surface area contributed by atoms with Crippen molar-refractivity contribution >= 4 is 17.9 Å². The molecule has 0 heterocycles. The normalized spacial score (nSPS) is 13.9. The maximum absolute atomic E-state index is 11.6. The number of carbonyl (C=O) groups excluding carboxylic acids is 2. The zero-order valence-electron chi connectivity index (χ0n) is 10.7. The SMILES string of the molecule is C=CCNC(=O)NC(=O)CN(CC(=O)O)CC1CC1. The molecule has 0 atom stereocenters. The Labute approximate surface area is 111 Å². The first-order valence-corrected chi connectivity index (χ1v) is 6.14. The quantitative estimate of drug-likeness (QED) is 0.530. The van der Waals surface area contributed by atoms with Gasteiger partial charge in [0.25, 0.3) is 0 Å². The summed E-state index contributed by atoms with van der Waals surface area (Å²) in [6.07, 6.45) is 3.63. The molecule has 0 unspecified atom stereocenters. The zero-order chi connectivity index (χ0) is 14.3. The Morgan fingerprint density at radius 1 is 1.32 bits per heavy atom. The smallest absolute Gasteiger partial charge is 0.321 e. The molecule has 1 fully saturated rings. The summed E-state index contributed by atoms with van der Waals surface area (Å²) in [6.45, 7) is 3.98. The lowest BCUT2D eigenvalue weighted by atomic mass is 10.3. The van der Waals surface area contributed by atoms with Crippen LogP contribution in [0.15, 0.2) is 12.7 Å². The van der Waals surface area contributed by atoms with E-state index in [1.165, 1.54) is 11.0 Å². The minimum Gasteiger partial charge on any atom is -0.480 e. The van der Waals surface area contributed by atoms with Gasteiger partial charge in [0.15, 0.2) is 0 Å². The van der Waals surface area contributed by atoms with Gasteiger partial charge in [-0.05, 0) is 18.8 Å². The molecule has 19 heavy (non-hydrogen) atoms. The summed E-state index contributed by atoms with van der Waals surface area (Å²) in [5.74, 6) is -1.02. The molecule has 1 aliphatic rings. The molecule has 7 heteroatoms. The number of rotatable bonds is 8. The molecule has 1 rings (SSSR count). The van der Waals surface area contributed by atoms with E-state index in [9.17, 15) is 14.4 Å². The largest absolute Gasteiger partial charge is 0.480 e. The van der Waals surface area contributed by atoms with E-state index in [0.29, 0.717) is 12.5 Å². The highest BCUT2D eigenvalue weighted by Crippen LogP contribution is 2.29. The number of nitrogens with zero attached hydrogens (tertiary/aromatic N) is 1. The van der Waals surface area contributed by atoms with Crippen LogP contribution in [0.2, 0.25) is 0 Å². The Hall–Kier alpha value is -1.89. The van der Waals surface area contributed by atoms with Crippen LogP contribution in [-0.2, 0) is 9.59 Å². The Morgan fingerprint density at radius 2 is 2.00 bits per heavy atom. The third-order valence-electron chi connectivity index (χ3n) is 2.60. The molecule has 0 aliphatic heterocycles. The van der Waals surface area contributed by atoms with Crippen LogP contribution in [0, 0.1) is 5.92 Å². The van der Waals surface area contributed by atoms with Gasteiger partial charge in [0.1, 0.15) is 0 Å². The van der Waals surface area contributed by atoms with Gasteiger partial charge in [0.05, 0.1) is 13.1 Å². The summed E-state index contributed by atoms with van der Waals surface area (Å²) in [6, 6.07) is -0.605. The van der Waals surface area contributed by atoms with Gasteiger partial charge in [-0.25, -0.2) is 4.79 Å². The second-order valence-corrected chi connectivity index (χ2v) is 4.55. The molecule has 7 nitrogen and oxygen atoms in total. The molecule has 1 saturated carbocycles. The van der Waals surface area contributed by atoms with E-state index in [1.54, 1.807) is 0 Å². The Bertz CT molecular complexity index is 366. The fourth-order valence-electron chi connectivity index (χ4n) is 1.62. The van der Waals surface area contributed by atoms with Crippen LogP contribution in [0.1, 0.15) is 12.8 Å². The van der Waals surface area contributed by atoms with Crippen LogP contribution in [-0.4, -0.2) is 54.1 Å². The van der Waals surface area contributed by atoms with Crippen LogP contribution in [0.5, 0.6) is 0 Å². The minimum absolute atomic E-state index is 0.0929. The minimum atomic E-state index is -0.982. The number of hydrogen-bond donors (Lipinski definition) is 3. The van der Waals surface area contributed by atoms with E-state index in [2.05, 4.69) is 17.2 Å². The second-order valence-electron chi connectivity index (χ2n) is 4.55. The third kappa shape index (κ3) is 7.20. The molecule has 0 bridgehead atoms. The summed E-state index contributed by atoms with van der Waals surface area (Å²) in [5.41, 5.74) is 0. The molecule has 0 aromatic heterocycles. The van der Waals surface area contributed by atoms with Gasteiger partial charge in [-0.2, -0.15) is 0 Å². The van der Waals surface area contributed by atoms with Crippen LogP contribution < -0.4 is 10.6 Å². The number of carbonyl (C=O) groups is 3. The molecular formula is C12H19N3O4. The molecule has 0 radical (unpaired) electrons. The highest BCUT2D eigenvalue weighted by molar-refractivity contribution is 5.95. The van der Waals surface area contributed by atoms with Gasteiger partial charge in [0.2, 0.25) is 5.91 Å². The summed E-state index contributed by atoms with van der Waals surface area (Å²) in [4.78, 5) is 35.0. The molecule has 0 spiro atoms. The van der Waals surface area contributed by atoms with Gasteiger partial charge >= 0.3 is 12.0 Å². The van der Waals surface area contributed by atoms with Gasteiger partial charge in [-0.15, -0.1) is 6.58 Å². The number of hydrogen-bond acceptors (Lipinski definition) is 4. The van der Waals surface area contributed by atoms with Crippen LogP contribution in [0.3, 0.4) is 0 Å². The number of carboxylic acid groups (broad SMARTS) is 1. The average molecular weight is 269 g/mol. The number of imide groups is 1. The summed E-state index contributed by atoms with van der Waals surface area (Å²) >= 11 is 0. The first kappa shape index (κ1) is 15.2. The van der Waals surface area contributed by atoms with Gasteiger partial charge in [-0.3, -0.25) is 19.8 Å². The van der Waals surface area contributed by atoms with Gasteiger partial charge in [0, 0.05) is 13.1 Å². The van der Waals surface area contributed by atoms with E-state index in [-0.39, 0.29) is 19.6 Å². The van der Waals surface area contributed by atoms with E-state index < -0.39 is 17.9 Å². The highest BCUT2D eigenvalue weighted by atomic mass is 16.4. The van der Waals surface area contributed by atoms with Crippen LogP contribution >= 0.6 is 0 Å². The van der Waals surface area contributed by atoms with E-state index in [4.69, 9.17) is 5.11 Å². The van der Waals surface area contributed by atoms with Crippen molar-refractivity contribution in [1.29, 1.82) is 0 Å². The van der Waals surface area contributed by atoms with Gasteiger partial charge < -0.3 is 10.4 Å². The van der Waals surface area contributed by atoms with Crippen LogP contribution in [0.4, 0.5) is 4.79 Å². The third-order valence-corrected chi connectivity index (χ3v) is 2.60. The fourth-order valence-corrected chi connectivity index (χ4v) is 1.62. The maximum atomic E-state index is 11.6. The van der Waals surface area contributed by atoms with Crippen molar-refractivity contribution in [2.45, 2.75) is 12.8 Å². The number of urea groups is 1. The molecule has 106 valence electrons. The number of carboxylic acids is 1.